The highest BCUT2D eigenvalue weighted by Gasteiger charge is 2.14. The summed E-state index contributed by atoms with van der Waals surface area (Å²) in [5.74, 6) is 1.49. The minimum absolute atomic E-state index is 0. The number of halogens is 1. The Morgan fingerprint density at radius 3 is 2.68 bits per heavy atom. The summed E-state index contributed by atoms with van der Waals surface area (Å²) in [4.78, 5) is 4.87. The van der Waals surface area contributed by atoms with Gasteiger partial charge >= 0.3 is 0 Å². The number of benzene rings is 1. The molecule has 1 aromatic carbocycles. The molecule has 0 spiro atoms. The van der Waals surface area contributed by atoms with Gasteiger partial charge in [-0.05, 0) is 36.4 Å². The minimum atomic E-state index is 0. The van der Waals surface area contributed by atoms with Gasteiger partial charge in [-0.25, -0.2) is 0 Å². The van der Waals surface area contributed by atoms with Gasteiger partial charge in [-0.2, -0.15) is 9.61 Å². The normalized spacial score (nSPS) is 10.4. The van der Waals surface area contributed by atoms with Crippen LogP contribution in [0.5, 0.6) is 5.75 Å². The summed E-state index contributed by atoms with van der Waals surface area (Å²) in [5, 5.41) is 13.9. The lowest BCUT2D eigenvalue weighted by Crippen LogP contribution is -1.93. The molecule has 8 heteroatoms. The van der Waals surface area contributed by atoms with Gasteiger partial charge in [-0.1, -0.05) is 24.0 Å². The Balaban J connectivity index is 0.00000182. The summed E-state index contributed by atoms with van der Waals surface area (Å²) in [6.45, 7) is 4.13. The van der Waals surface area contributed by atoms with Crippen molar-refractivity contribution in [2.75, 3.05) is 6.61 Å². The summed E-state index contributed by atoms with van der Waals surface area (Å²) in [7, 11) is 0. The van der Waals surface area contributed by atoms with Crippen molar-refractivity contribution in [1.82, 2.24) is 24.8 Å². The Bertz CT molecular complexity index is 981. The van der Waals surface area contributed by atoms with Gasteiger partial charge in [0.05, 0.1) is 0 Å². The maximum absolute atomic E-state index is 5.50. The zero-order valence-corrected chi connectivity index (χ0v) is 14.7. The van der Waals surface area contributed by atoms with Crippen molar-refractivity contribution >= 4 is 28.7 Å². The molecule has 0 unspecified atom stereocenters. The van der Waals surface area contributed by atoms with Crippen LogP contribution in [0, 0.1) is 0 Å². The van der Waals surface area contributed by atoms with Crippen LogP contribution >= 0.6 is 23.7 Å². The summed E-state index contributed by atoms with van der Waals surface area (Å²) < 4.78 is 7.25. The largest absolute Gasteiger partial charge is 0.490 e. The predicted octanol–water partition coefficient (Wildman–Crippen LogP) is 3.90. The van der Waals surface area contributed by atoms with E-state index in [0.717, 1.165) is 26.8 Å². The van der Waals surface area contributed by atoms with Crippen LogP contribution in [-0.2, 0) is 0 Å². The second-order valence-corrected chi connectivity index (χ2v) is 5.95. The van der Waals surface area contributed by atoms with Crippen LogP contribution in [0.3, 0.4) is 0 Å². The number of nitrogens with zero attached hydrogens (tertiary/aromatic N) is 5. The van der Waals surface area contributed by atoms with Gasteiger partial charge in [-0.3, -0.25) is 4.98 Å². The van der Waals surface area contributed by atoms with Gasteiger partial charge in [0.1, 0.15) is 17.4 Å². The molecule has 0 fully saturated rings. The van der Waals surface area contributed by atoms with Crippen molar-refractivity contribution in [2.45, 2.75) is 0 Å². The molecule has 6 nitrogen and oxygen atoms in total. The molecule has 4 rings (SSSR count). The predicted molar refractivity (Wildman–Crippen MR) is 100 cm³/mol. The van der Waals surface area contributed by atoms with E-state index in [9.17, 15) is 0 Å². The molecular formula is C17H14ClN5OS. The third-order valence-corrected chi connectivity index (χ3v) is 4.33. The first-order chi connectivity index (χ1) is 11.8. The number of pyridine rings is 1. The highest BCUT2D eigenvalue weighted by Crippen LogP contribution is 2.28. The first kappa shape index (κ1) is 17.1. The number of aromatic nitrogens is 5. The van der Waals surface area contributed by atoms with Crippen LogP contribution in [0.25, 0.3) is 26.9 Å². The molecule has 0 aliphatic carbocycles. The number of hydrogen-bond acceptors (Lipinski definition) is 6. The van der Waals surface area contributed by atoms with E-state index in [2.05, 4.69) is 26.9 Å². The SMILES string of the molecule is C=CCOc1ccc(-c2nn3c(-c4cccnc4)nnc3s2)cc1.Cl. The Hall–Kier alpha value is -2.77. The molecule has 3 aromatic heterocycles. The number of fused-ring (bicyclic) bond motifs is 1. The first-order valence-corrected chi connectivity index (χ1v) is 8.13. The lowest BCUT2D eigenvalue weighted by molar-refractivity contribution is 0.363. The van der Waals surface area contributed by atoms with E-state index in [-0.39, 0.29) is 12.4 Å². The number of hydrogen-bond donors (Lipinski definition) is 0. The summed E-state index contributed by atoms with van der Waals surface area (Å²) in [6, 6.07) is 11.6. The Labute approximate surface area is 154 Å². The van der Waals surface area contributed by atoms with E-state index in [1.807, 2.05) is 36.4 Å². The molecular weight excluding hydrogens is 358 g/mol. The van der Waals surface area contributed by atoms with Gasteiger partial charge in [0.15, 0.2) is 5.82 Å². The molecule has 0 N–H and O–H groups in total. The van der Waals surface area contributed by atoms with Gasteiger partial charge in [0.25, 0.3) is 0 Å². The third kappa shape index (κ3) is 3.38. The zero-order chi connectivity index (χ0) is 16.4. The van der Waals surface area contributed by atoms with E-state index in [4.69, 9.17) is 4.74 Å². The van der Waals surface area contributed by atoms with Crippen LogP contribution in [-0.4, -0.2) is 31.4 Å². The molecule has 3 heterocycles. The van der Waals surface area contributed by atoms with Crippen LogP contribution in [0.4, 0.5) is 0 Å². The van der Waals surface area contributed by atoms with E-state index in [1.54, 1.807) is 23.0 Å². The monoisotopic (exact) mass is 371 g/mol. The van der Waals surface area contributed by atoms with Gasteiger partial charge < -0.3 is 4.74 Å². The van der Waals surface area contributed by atoms with Crippen molar-refractivity contribution in [1.29, 1.82) is 0 Å². The average Bonchev–Trinajstić information content (AvgIpc) is 3.22. The third-order valence-electron chi connectivity index (χ3n) is 3.38. The fraction of sp³-hybridized carbons (Fsp3) is 0.0588. The smallest absolute Gasteiger partial charge is 0.235 e. The van der Waals surface area contributed by atoms with Gasteiger partial charge in [0.2, 0.25) is 4.96 Å². The van der Waals surface area contributed by atoms with E-state index < -0.39 is 0 Å². The zero-order valence-electron chi connectivity index (χ0n) is 13.1. The molecule has 0 radical (unpaired) electrons. The number of rotatable bonds is 5. The quantitative estimate of drug-likeness (QED) is 0.498. The van der Waals surface area contributed by atoms with E-state index in [1.165, 1.54) is 11.3 Å². The molecule has 0 aliphatic heterocycles. The molecule has 0 amide bonds. The standard InChI is InChI=1S/C17H13N5OS.ClH/c1-2-10-23-14-7-5-12(6-8-14)16-21-22-15(19-20-17(22)24-16)13-4-3-9-18-11-13;/h2-9,11H,1,10H2;1H. The highest BCUT2D eigenvalue weighted by molar-refractivity contribution is 7.19. The fourth-order valence-electron chi connectivity index (χ4n) is 2.26. The topological polar surface area (TPSA) is 65.2 Å². The average molecular weight is 372 g/mol. The fourth-order valence-corrected chi connectivity index (χ4v) is 3.10. The van der Waals surface area contributed by atoms with Crippen LogP contribution < -0.4 is 4.74 Å². The summed E-state index contributed by atoms with van der Waals surface area (Å²) >= 11 is 1.49. The lowest BCUT2D eigenvalue weighted by Gasteiger charge is -2.03. The van der Waals surface area contributed by atoms with Crippen LogP contribution in [0.1, 0.15) is 0 Å². The maximum atomic E-state index is 5.50. The molecule has 4 aromatic rings. The maximum Gasteiger partial charge on any atom is 0.235 e. The molecule has 126 valence electrons. The van der Waals surface area contributed by atoms with E-state index >= 15 is 0 Å². The Morgan fingerprint density at radius 1 is 1.12 bits per heavy atom. The second kappa shape index (κ2) is 7.42. The molecule has 0 saturated carbocycles. The lowest BCUT2D eigenvalue weighted by atomic mass is 10.2. The van der Waals surface area contributed by atoms with Crippen LogP contribution in [0.15, 0.2) is 61.4 Å². The van der Waals surface area contributed by atoms with Gasteiger partial charge in [-0.15, -0.1) is 22.6 Å². The first-order valence-electron chi connectivity index (χ1n) is 7.32. The van der Waals surface area contributed by atoms with Crippen molar-refractivity contribution in [3.8, 4) is 27.7 Å². The van der Waals surface area contributed by atoms with Crippen molar-refractivity contribution in [3.05, 3.63) is 61.4 Å². The molecule has 0 bridgehead atoms. The van der Waals surface area contributed by atoms with Crippen LogP contribution in [0.2, 0.25) is 0 Å². The molecule has 0 aliphatic rings. The van der Waals surface area contributed by atoms with Crippen molar-refractivity contribution in [3.63, 3.8) is 0 Å². The summed E-state index contributed by atoms with van der Waals surface area (Å²) in [6.07, 6.45) is 5.20. The van der Waals surface area contributed by atoms with Crippen molar-refractivity contribution < 1.29 is 4.74 Å². The Morgan fingerprint density at radius 2 is 1.96 bits per heavy atom. The molecule has 25 heavy (non-hydrogen) atoms. The molecule has 0 atom stereocenters. The Kier molecular flexibility index (Phi) is 5.06. The van der Waals surface area contributed by atoms with E-state index in [0.29, 0.717) is 12.4 Å². The number of ether oxygens (including phenoxy) is 1. The second-order valence-electron chi connectivity index (χ2n) is 4.99. The van der Waals surface area contributed by atoms with Crippen molar-refractivity contribution in [2.24, 2.45) is 0 Å². The van der Waals surface area contributed by atoms with Gasteiger partial charge in [0, 0.05) is 23.5 Å². The highest BCUT2D eigenvalue weighted by atomic mass is 35.5. The minimum Gasteiger partial charge on any atom is -0.490 e. The molecule has 0 saturated heterocycles. The summed E-state index contributed by atoms with van der Waals surface area (Å²) in [5.41, 5.74) is 1.89.